The summed E-state index contributed by atoms with van der Waals surface area (Å²) in [5.74, 6) is -0.410. The Hall–Kier alpha value is -4.65. The molecule has 7 rings (SSSR count). The molecule has 0 bridgehead atoms. The maximum absolute atomic E-state index is 15.1. The van der Waals surface area contributed by atoms with E-state index in [-0.39, 0.29) is 58.3 Å². The largest absolute Gasteiger partial charge is 0.508 e. The maximum atomic E-state index is 15.1. The molecule has 0 aliphatic carbocycles. The van der Waals surface area contributed by atoms with Crippen LogP contribution in [0.15, 0.2) is 45.7 Å². The highest BCUT2D eigenvalue weighted by Gasteiger charge is 2.49. The number of ether oxygens (including phenoxy) is 1. The minimum absolute atomic E-state index is 0.00765. The van der Waals surface area contributed by atoms with Gasteiger partial charge in [0.2, 0.25) is 0 Å². The van der Waals surface area contributed by atoms with Gasteiger partial charge in [-0.05, 0) is 49.9 Å². The molecule has 2 aliphatic rings. The number of rotatable bonds is 7. The van der Waals surface area contributed by atoms with E-state index in [1.54, 1.807) is 30.9 Å². The van der Waals surface area contributed by atoms with Gasteiger partial charge in [0.25, 0.3) is 0 Å². The number of nitrogens with zero attached hydrogens (tertiary/aromatic N) is 6. The molecule has 2 saturated heterocycles. The number of phenols is 1. The third-order valence-corrected chi connectivity index (χ3v) is 8.61. The summed E-state index contributed by atoms with van der Waals surface area (Å²) in [5, 5.41) is 22.1. The number of nitrogens with one attached hydrogen (secondary N) is 1. The summed E-state index contributed by atoms with van der Waals surface area (Å²) in [4.78, 5) is 24.9. The number of halogens is 2. The fourth-order valence-corrected chi connectivity index (χ4v) is 6.52. The maximum Gasteiger partial charge on any atom is 0.349 e. The third-order valence-electron chi connectivity index (χ3n) is 8.61. The quantitative estimate of drug-likeness (QED) is 0.284. The second-order valence-electron chi connectivity index (χ2n) is 11.3. The number of anilines is 1. The minimum Gasteiger partial charge on any atom is -0.508 e. The van der Waals surface area contributed by atoms with Crippen LogP contribution < -0.4 is 15.7 Å². The smallest absolute Gasteiger partial charge is 0.349 e. The summed E-state index contributed by atoms with van der Waals surface area (Å²) in [6.45, 7) is 3.32. The van der Waals surface area contributed by atoms with Crippen LogP contribution in [-0.2, 0) is 13.6 Å². The van der Waals surface area contributed by atoms with E-state index in [9.17, 15) is 14.3 Å². The Morgan fingerprint density at radius 2 is 2.12 bits per heavy atom. The summed E-state index contributed by atoms with van der Waals surface area (Å²) in [6, 6.07) is 7.31. The molecule has 0 spiro atoms. The zero-order chi connectivity index (χ0) is 29.9. The molecule has 0 unspecified atom stereocenters. The molecule has 5 aromatic rings. The molecule has 43 heavy (non-hydrogen) atoms. The number of hydrogen-bond donors (Lipinski definition) is 2. The van der Waals surface area contributed by atoms with Crippen molar-refractivity contribution in [2.24, 2.45) is 7.05 Å². The monoisotopic (exact) mass is 589 g/mol. The van der Waals surface area contributed by atoms with Gasteiger partial charge in [-0.3, -0.25) is 9.58 Å². The van der Waals surface area contributed by atoms with Gasteiger partial charge < -0.3 is 19.6 Å². The molecule has 2 aromatic carbocycles. The molecular weight excluding hydrogens is 560 g/mol. The van der Waals surface area contributed by atoms with Crippen LogP contribution in [0.4, 0.5) is 14.6 Å². The Labute approximate surface area is 244 Å². The highest BCUT2D eigenvalue weighted by atomic mass is 19.1. The van der Waals surface area contributed by atoms with Crippen LogP contribution in [0.1, 0.15) is 30.5 Å². The van der Waals surface area contributed by atoms with Gasteiger partial charge in [0.05, 0.1) is 29.5 Å². The number of aromatic hydroxyl groups is 1. The van der Waals surface area contributed by atoms with Crippen LogP contribution >= 0.6 is 0 Å². The molecule has 2 aliphatic heterocycles. The van der Waals surface area contributed by atoms with Crippen LogP contribution in [0.25, 0.3) is 33.0 Å². The van der Waals surface area contributed by atoms with Crippen molar-refractivity contribution in [3.05, 3.63) is 64.0 Å². The van der Waals surface area contributed by atoms with Gasteiger partial charge in [-0.1, -0.05) is 17.3 Å². The Bertz CT molecular complexity index is 1940. The fraction of sp³-hybridized carbons (Fsp3) is 0.367. The third kappa shape index (κ3) is 4.63. The van der Waals surface area contributed by atoms with Gasteiger partial charge >= 0.3 is 11.6 Å². The van der Waals surface area contributed by atoms with Gasteiger partial charge in [-0.15, -0.1) is 5.10 Å². The first kappa shape index (κ1) is 27.2. The number of hydrogen-bond acceptors (Lipinski definition) is 10. The van der Waals surface area contributed by atoms with Crippen molar-refractivity contribution < 1.29 is 23.0 Å². The first-order valence-corrected chi connectivity index (χ1v) is 14.1. The predicted octanol–water partition coefficient (Wildman–Crippen LogP) is 4.25. The molecule has 0 amide bonds. The van der Waals surface area contributed by atoms with E-state index in [2.05, 4.69) is 30.5 Å². The molecule has 13 heteroatoms. The number of aryl methyl sites for hydroxylation is 2. The van der Waals surface area contributed by atoms with Gasteiger partial charge in [0, 0.05) is 36.5 Å². The first-order chi connectivity index (χ1) is 20.7. The van der Waals surface area contributed by atoms with Gasteiger partial charge in [-0.25, -0.2) is 13.6 Å². The van der Waals surface area contributed by atoms with Crippen molar-refractivity contribution in [2.75, 3.05) is 25.0 Å². The lowest BCUT2D eigenvalue weighted by atomic mass is 9.95. The van der Waals surface area contributed by atoms with Crippen molar-refractivity contribution in [2.45, 2.75) is 44.4 Å². The number of benzene rings is 2. The summed E-state index contributed by atoms with van der Waals surface area (Å²) >= 11 is 0. The molecule has 0 radical (unpaired) electrons. The van der Waals surface area contributed by atoms with E-state index in [0.717, 1.165) is 25.1 Å². The molecule has 3 aromatic heterocycles. The van der Waals surface area contributed by atoms with Crippen LogP contribution in [0.3, 0.4) is 0 Å². The van der Waals surface area contributed by atoms with Crippen molar-refractivity contribution in [1.82, 2.24) is 29.9 Å². The molecule has 5 heterocycles. The van der Waals surface area contributed by atoms with Crippen molar-refractivity contribution in [1.29, 1.82) is 0 Å². The molecule has 0 saturated carbocycles. The predicted molar refractivity (Wildman–Crippen MR) is 154 cm³/mol. The average Bonchev–Trinajstić information content (AvgIpc) is 3.65. The molecular formula is C30H29F2N7O4. The van der Waals surface area contributed by atoms with Crippen LogP contribution in [-0.4, -0.2) is 66.4 Å². The van der Waals surface area contributed by atoms with Gasteiger partial charge in [0.15, 0.2) is 0 Å². The van der Waals surface area contributed by atoms with E-state index in [4.69, 9.17) is 9.15 Å². The lowest BCUT2D eigenvalue weighted by Gasteiger charge is -2.30. The van der Waals surface area contributed by atoms with E-state index in [1.165, 1.54) is 24.3 Å². The summed E-state index contributed by atoms with van der Waals surface area (Å²) in [5.41, 5.74) is 0.422. The SMILES string of the molecule is Cc1c(-c2cc(O)cc3cccc(F)c23)oc(=O)c2c(NCc3cnnn3C)nc(OC[C@@]34CCCN3C[C@H](F)C4)nc12. The Balaban J connectivity index is 1.37. The lowest BCUT2D eigenvalue weighted by Crippen LogP contribution is -2.43. The Kier molecular flexibility index (Phi) is 6.49. The molecule has 222 valence electrons. The summed E-state index contributed by atoms with van der Waals surface area (Å²) in [6.07, 6.45) is 2.81. The number of fused-ring (bicyclic) bond motifs is 3. The number of alkyl halides is 1. The van der Waals surface area contributed by atoms with Gasteiger partial charge in [-0.2, -0.15) is 9.97 Å². The van der Waals surface area contributed by atoms with Crippen LogP contribution in [0.2, 0.25) is 0 Å². The number of aromatic nitrogens is 5. The van der Waals surface area contributed by atoms with E-state index in [0.29, 0.717) is 23.9 Å². The van der Waals surface area contributed by atoms with E-state index < -0.39 is 23.2 Å². The summed E-state index contributed by atoms with van der Waals surface area (Å²) in [7, 11) is 1.74. The topological polar surface area (TPSA) is 131 Å². The van der Waals surface area contributed by atoms with Crippen molar-refractivity contribution in [3.8, 4) is 23.1 Å². The molecule has 2 atom stereocenters. The highest BCUT2D eigenvalue weighted by Crippen LogP contribution is 2.41. The minimum atomic E-state index is -0.918. The Morgan fingerprint density at radius 1 is 1.26 bits per heavy atom. The normalized spacial score (nSPS) is 20.2. The van der Waals surface area contributed by atoms with E-state index in [1.807, 2.05) is 0 Å². The average molecular weight is 590 g/mol. The van der Waals surface area contributed by atoms with Gasteiger partial charge in [0.1, 0.15) is 41.3 Å². The molecule has 2 fully saturated rings. The standard InChI is InChI=1S/C30H29F2N7O4/c1-16-25-24(28(41)43-26(16)21-10-20(40)9-17-5-3-6-22(32)23(17)21)27(33-12-19-13-34-37-38(19)2)36-29(35-25)42-15-30-7-4-8-39(30)14-18(31)11-30/h3,5-6,9-10,13,18,40H,4,7-8,11-12,14-15H2,1-2H3,(H,33,35,36)/t18-,30+/m1/s1. The second-order valence-corrected chi connectivity index (χ2v) is 11.3. The van der Waals surface area contributed by atoms with Crippen molar-refractivity contribution >= 4 is 27.5 Å². The van der Waals surface area contributed by atoms with Crippen LogP contribution in [0, 0.1) is 12.7 Å². The summed E-state index contributed by atoms with van der Waals surface area (Å²) < 4.78 is 43.0. The van der Waals surface area contributed by atoms with E-state index >= 15 is 4.39 Å². The number of phenolic OH excluding ortho intramolecular Hbond substituents is 1. The Morgan fingerprint density at radius 3 is 2.93 bits per heavy atom. The molecule has 11 nitrogen and oxygen atoms in total. The lowest BCUT2D eigenvalue weighted by molar-refractivity contribution is 0.107. The zero-order valence-corrected chi connectivity index (χ0v) is 23.6. The zero-order valence-electron chi connectivity index (χ0n) is 23.6. The first-order valence-electron chi connectivity index (χ1n) is 14.1. The molecule has 2 N–H and O–H groups in total. The van der Waals surface area contributed by atoms with Crippen molar-refractivity contribution in [3.63, 3.8) is 0 Å². The fourth-order valence-electron chi connectivity index (χ4n) is 6.52. The van der Waals surface area contributed by atoms with Crippen LogP contribution in [0.5, 0.6) is 11.8 Å². The second kappa shape index (κ2) is 10.3. The highest BCUT2D eigenvalue weighted by molar-refractivity contribution is 6.00.